The van der Waals surface area contributed by atoms with Gasteiger partial charge >= 0.3 is 0 Å². The molecule has 12 heteroatoms. The summed E-state index contributed by atoms with van der Waals surface area (Å²) in [5.41, 5.74) is 9.18. The van der Waals surface area contributed by atoms with E-state index in [1.807, 2.05) is 36.8 Å². The monoisotopic (exact) mass is 814 g/mol. The second-order valence-corrected chi connectivity index (χ2v) is 16.5. The van der Waals surface area contributed by atoms with Gasteiger partial charge in [0.15, 0.2) is 0 Å². The Kier molecular flexibility index (Phi) is 10.1. The van der Waals surface area contributed by atoms with Crippen molar-refractivity contribution in [2.45, 2.75) is 76.3 Å². The number of nitrogens with zero attached hydrogens (tertiary/aromatic N) is 5. The Morgan fingerprint density at radius 3 is 2.51 bits per heavy atom. The van der Waals surface area contributed by atoms with E-state index in [0.717, 1.165) is 66.4 Å². The molecule has 10 rings (SSSR count). The van der Waals surface area contributed by atoms with E-state index in [1.54, 1.807) is 12.1 Å². The average molecular weight is 815 g/mol. The van der Waals surface area contributed by atoms with Gasteiger partial charge < -0.3 is 28.6 Å². The molecule has 1 saturated carbocycles. The number of fused-ring (bicyclic) bond motifs is 4. The lowest BCUT2D eigenvalue weighted by atomic mass is 9.91. The molecule has 0 radical (unpaired) electrons. The molecular formula is C49H46N6O6. The molecule has 1 N–H and O–H groups in total. The van der Waals surface area contributed by atoms with Gasteiger partial charge in [-0.25, -0.2) is 4.98 Å². The molecule has 4 aliphatic rings. The van der Waals surface area contributed by atoms with E-state index >= 15 is 0 Å². The smallest absolute Gasteiger partial charge is 0.255 e. The summed E-state index contributed by atoms with van der Waals surface area (Å²) in [5, 5.41) is 4.69. The molecule has 12 nitrogen and oxygen atoms in total. The SMILES string of the molecule is Cc1ccc(C#CCOc2ccc3c(c2)CN(C2CCC(=O)NC2=O)C3=O)cc1N1CCC(O[C@H]2C[C@H](Oc3ccc(-c4ccc5c6cnccc6n(C)c5c4)cn3)C2)CC1. The highest BCUT2D eigenvalue weighted by Crippen LogP contribution is 2.35. The summed E-state index contributed by atoms with van der Waals surface area (Å²) >= 11 is 0. The number of hydrogen-bond donors (Lipinski definition) is 1. The van der Waals surface area contributed by atoms with Crippen LogP contribution in [0.2, 0.25) is 0 Å². The number of ether oxygens (including phenoxy) is 3. The van der Waals surface area contributed by atoms with Crippen LogP contribution in [0.5, 0.6) is 11.6 Å². The topological polar surface area (TPSA) is 128 Å². The van der Waals surface area contributed by atoms with E-state index < -0.39 is 11.9 Å². The van der Waals surface area contributed by atoms with E-state index in [1.165, 1.54) is 32.6 Å². The van der Waals surface area contributed by atoms with Gasteiger partial charge in [-0.15, -0.1) is 0 Å². The zero-order valence-electron chi connectivity index (χ0n) is 34.2. The number of aromatic nitrogens is 3. The van der Waals surface area contributed by atoms with Crippen molar-refractivity contribution in [1.82, 2.24) is 24.8 Å². The van der Waals surface area contributed by atoms with Crippen molar-refractivity contribution in [2.75, 3.05) is 24.6 Å². The molecule has 3 aromatic carbocycles. The number of carbonyl (C=O) groups excluding carboxylic acids is 3. The Morgan fingerprint density at radius 2 is 1.69 bits per heavy atom. The van der Waals surface area contributed by atoms with Crippen molar-refractivity contribution in [3.63, 3.8) is 0 Å². The summed E-state index contributed by atoms with van der Waals surface area (Å²) in [5.74, 6) is 6.71. The Morgan fingerprint density at radius 1 is 0.836 bits per heavy atom. The molecule has 3 aliphatic heterocycles. The summed E-state index contributed by atoms with van der Waals surface area (Å²) in [6.45, 7) is 4.46. The lowest BCUT2D eigenvalue weighted by molar-refractivity contribution is -0.136. The molecule has 3 amide bonds. The maximum Gasteiger partial charge on any atom is 0.255 e. The molecule has 1 unspecified atom stereocenters. The van der Waals surface area contributed by atoms with Gasteiger partial charge in [0.2, 0.25) is 17.7 Å². The molecule has 1 aliphatic carbocycles. The van der Waals surface area contributed by atoms with Gasteiger partial charge in [-0.3, -0.25) is 24.7 Å². The standard InChI is InChI=1S/C49H46N6O6/c1-30-5-6-31(4-3-21-59-36-9-11-39-34(23-36)29-55(49(39)58)43-12-13-46(56)52-48(43)57)22-44(30)54-19-16-35(17-20-54)60-37-25-38(26-37)61-47-14-8-33(27-51-47)32-7-10-40-41-28-50-18-15-42(41)53(2)45(40)24-32/h5-11,14-15,18,22-24,27-28,35,37-38,43H,12-13,16-17,19-21,25-26,29H2,1-2H3,(H,52,56,57)/t37-,38-,43?. The maximum atomic E-state index is 13.0. The van der Waals surface area contributed by atoms with Crippen LogP contribution in [0, 0.1) is 18.8 Å². The van der Waals surface area contributed by atoms with Gasteiger partial charge in [-0.1, -0.05) is 30.0 Å². The van der Waals surface area contributed by atoms with Gasteiger partial charge in [0.25, 0.3) is 5.91 Å². The fraction of sp³-hybridized carbons (Fsp3) is 0.327. The number of imide groups is 1. The summed E-state index contributed by atoms with van der Waals surface area (Å²) in [4.78, 5) is 49.9. The van der Waals surface area contributed by atoms with Gasteiger partial charge in [0.1, 0.15) is 24.5 Å². The highest BCUT2D eigenvalue weighted by molar-refractivity contribution is 6.08. The number of aryl methyl sites for hydroxylation is 2. The number of amides is 3. The van der Waals surface area contributed by atoms with Crippen LogP contribution >= 0.6 is 0 Å². The molecule has 308 valence electrons. The van der Waals surface area contributed by atoms with E-state index in [9.17, 15) is 14.4 Å². The van der Waals surface area contributed by atoms with Crippen molar-refractivity contribution in [2.24, 2.45) is 7.05 Å². The minimum absolute atomic E-state index is 0.109. The summed E-state index contributed by atoms with van der Waals surface area (Å²) in [7, 11) is 2.09. The number of benzene rings is 3. The Balaban J connectivity index is 0.671. The quantitative estimate of drug-likeness (QED) is 0.123. The first-order valence-corrected chi connectivity index (χ1v) is 21.1. The third kappa shape index (κ3) is 7.66. The average Bonchev–Trinajstić information content (AvgIpc) is 3.74. The highest BCUT2D eigenvalue weighted by Gasteiger charge is 2.39. The number of anilines is 1. The van der Waals surface area contributed by atoms with E-state index in [-0.39, 0.29) is 43.2 Å². The van der Waals surface area contributed by atoms with Crippen molar-refractivity contribution in [3.05, 3.63) is 114 Å². The first-order valence-electron chi connectivity index (χ1n) is 21.1. The Hall–Kier alpha value is -6.71. The van der Waals surface area contributed by atoms with E-state index in [2.05, 4.69) is 93.0 Å². The molecular weight excluding hydrogens is 769 g/mol. The predicted octanol–water partition coefficient (Wildman–Crippen LogP) is 6.88. The van der Waals surface area contributed by atoms with Crippen LogP contribution in [0.1, 0.15) is 65.6 Å². The molecule has 0 bridgehead atoms. The second-order valence-electron chi connectivity index (χ2n) is 16.5. The highest BCUT2D eigenvalue weighted by atomic mass is 16.5. The van der Waals surface area contributed by atoms with Crippen molar-refractivity contribution < 1.29 is 28.6 Å². The first-order chi connectivity index (χ1) is 29.7. The number of pyridine rings is 2. The largest absolute Gasteiger partial charge is 0.481 e. The van der Waals surface area contributed by atoms with Crippen molar-refractivity contribution >= 4 is 45.2 Å². The fourth-order valence-corrected chi connectivity index (χ4v) is 9.18. The third-order valence-corrected chi connectivity index (χ3v) is 12.6. The summed E-state index contributed by atoms with van der Waals surface area (Å²) < 4.78 is 20.9. The molecule has 61 heavy (non-hydrogen) atoms. The Bertz CT molecular complexity index is 2760. The van der Waals surface area contributed by atoms with E-state index in [0.29, 0.717) is 30.2 Å². The number of rotatable bonds is 9. The fourth-order valence-electron chi connectivity index (χ4n) is 9.18. The number of carbonyl (C=O) groups is 3. The number of hydrogen-bond acceptors (Lipinski definition) is 9. The van der Waals surface area contributed by atoms with Crippen LogP contribution in [0.25, 0.3) is 32.9 Å². The minimum atomic E-state index is -0.646. The van der Waals surface area contributed by atoms with Gasteiger partial charge in [0, 0.05) is 109 Å². The van der Waals surface area contributed by atoms with Gasteiger partial charge in [-0.2, -0.15) is 0 Å². The van der Waals surface area contributed by atoms with Crippen LogP contribution < -0.4 is 19.7 Å². The van der Waals surface area contributed by atoms with Crippen LogP contribution in [-0.2, 0) is 27.9 Å². The lowest BCUT2D eigenvalue weighted by Crippen LogP contribution is -2.52. The second kappa shape index (κ2) is 16.0. The molecule has 1 atom stereocenters. The van der Waals surface area contributed by atoms with Crippen LogP contribution in [0.3, 0.4) is 0 Å². The van der Waals surface area contributed by atoms with Gasteiger partial charge in [0.05, 0.1) is 17.7 Å². The number of nitrogens with one attached hydrogen (secondary N) is 1. The molecule has 6 heterocycles. The summed E-state index contributed by atoms with van der Waals surface area (Å²) in [6, 6.07) is 23.6. The minimum Gasteiger partial charge on any atom is -0.481 e. The zero-order valence-corrected chi connectivity index (χ0v) is 34.2. The summed E-state index contributed by atoms with van der Waals surface area (Å²) in [6.07, 6.45) is 10.4. The van der Waals surface area contributed by atoms with Crippen LogP contribution in [0.15, 0.2) is 91.4 Å². The molecule has 2 saturated heterocycles. The van der Waals surface area contributed by atoms with Crippen LogP contribution in [0.4, 0.5) is 5.69 Å². The molecule has 3 fully saturated rings. The molecule has 0 spiro atoms. The molecule has 6 aromatic rings. The number of piperidine rings is 2. The predicted molar refractivity (Wildman–Crippen MR) is 231 cm³/mol. The maximum absolute atomic E-state index is 13.0. The van der Waals surface area contributed by atoms with Crippen molar-refractivity contribution in [3.8, 4) is 34.6 Å². The molecule has 3 aromatic heterocycles. The lowest BCUT2D eigenvalue weighted by Gasteiger charge is -2.40. The van der Waals surface area contributed by atoms with Crippen molar-refractivity contribution in [1.29, 1.82) is 0 Å². The Labute approximate surface area is 353 Å². The van der Waals surface area contributed by atoms with E-state index in [4.69, 9.17) is 14.2 Å². The zero-order chi connectivity index (χ0) is 41.6. The van der Waals surface area contributed by atoms with Gasteiger partial charge in [-0.05, 0) is 91.4 Å². The first kappa shape index (κ1) is 38.5. The third-order valence-electron chi connectivity index (χ3n) is 12.6. The van der Waals surface area contributed by atoms with Crippen LogP contribution in [-0.4, -0.2) is 81.2 Å². The normalized spacial score (nSPS) is 20.3.